The van der Waals surface area contributed by atoms with Crippen molar-refractivity contribution < 1.29 is 9.53 Å². The van der Waals surface area contributed by atoms with Gasteiger partial charge in [-0.25, -0.2) is 0 Å². The lowest BCUT2D eigenvalue weighted by Crippen LogP contribution is -2.53. The first-order chi connectivity index (χ1) is 11.0. The minimum atomic E-state index is 0.108. The van der Waals surface area contributed by atoms with Crippen LogP contribution in [0.15, 0.2) is 24.3 Å². The molecular formula is C18H27N3O2. The molecule has 1 aromatic carbocycles. The predicted octanol–water partition coefficient (Wildman–Crippen LogP) is 1.69. The first kappa shape index (κ1) is 16.3. The summed E-state index contributed by atoms with van der Waals surface area (Å²) in [6, 6.07) is 8.64. The number of amides is 1. The van der Waals surface area contributed by atoms with E-state index in [-0.39, 0.29) is 12.0 Å². The Hall–Kier alpha value is -1.59. The van der Waals surface area contributed by atoms with Crippen molar-refractivity contribution in [3.8, 4) is 0 Å². The quantitative estimate of drug-likeness (QED) is 0.850. The fraction of sp³-hybridized carbons (Fsp3) is 0.611. The van der Waals surface area contributed by atoms with Crippen molar-refractivity contribution in [2.24, 2.45) is 0 Å². The number of rotatable bonds is 3. The third-order valence-corrected chi connectivity index (χ3v) is 4.93. The largest absolute Gasteiger partial charge is 0.378 e. The van der Waals surface area contributed by atoms with Crippen molar-refractivity contribution in [2.75, 3.05) is 45.2 Å². The van der Waals surface area contributed by atoms with Crippen molar-refractivity contribution in [3.05, 3.63) is 29.8 Å². The lowest BCUT2D eigenvalue weighted by molar-refractivity contribution is -0.0582. The molecule has 2 atom stereocenters. The van der Waals surface area contributed by atoms with E-state index in [0.717, 1.165) is 30.9 Å². The number of carbonyl (C=O) groups excluding carboxylic acids is 1. The van der Waals surface area contributed by atoms with E-state index >= 15 is 0 Å². The molecule has 2 heterocycles. The molecule has 126 valence electrons. The maximum atomic E-state index is 12.8. The third kappa shape index (κ3) is 3.21. The van der Waals surface area contributed by atoms with Crippen molar-refractivity contribution in [1.29, 1.82) is 0 Å². The monoisotopic (exact) mass is 317 g/mol. The van der Waals surface area contributed by atoms with Crippen LogP contribution in [0.1, 0.15) is 24.2 Å². The highest BCUT2D eigenvalue weighted by Crippen LogP contribution is 2.26. The molecule has 2 aliphatic heterocycles. The van der Waals surface area contributed by atoms with Crippen LogP contribution in [-0.2, 0) is 4.74 Å². The Morgan fingerprint density at radius 3 is 2.52 bits per heavy atom. The van der Waals surface area contributed by atoms with Crippen LogP contribution in [0.5, 0.6) is 0 Å². The Morgan fingerprint density at radius 2 is 1.91 bits per heavy atom. The van der Waals surface area contributed by atoms with Crippen LogP contribution in [0, 0.1) is 0 Å². The highest BCUT2D eigenvalue weighted by Gasteiger charge is 2.42. The molecule has 2 fully saturated rings. The maximum absolute atomic E-state index is 12.8. The third-order valence-electron chi connectivity index (χ3n) is 4.93. The van der Waals surface area contributed by atoms with Gasteiger partial charge in [-0.2, -0.15) is 0 Å². The van der Waals surface area contributed by atoms with Gasteiger partial charge < -0.3 is 14.5 Å². The molecule has 0 spiro atoms. The van der Waals surface area contributed by atoms with Gasteiger partial charge in [-0.1, -0.05) is 0 Å². The van der Waals surface area contributed by atoms with Gasteiger partial charge >= 0.3 is 0 Å². The Bertz CT molecular complexity index is 556. The maximum Gasteiger partial charge on any atom is 0.253 e. The summed E-state index contributed by atoms with van der Waals surface area (Å²) in [5.74, 6) is 0.108. The molecule has 5 nitrogen and oxygen atoms in total. The fourth-order valence-electron chi connectivity index (χ4n) is 3.61. The predicted molar refractivity (Wildman–Crippen MR) is 92.0 cm³/mol. The smallest absolute Gasteiger partial charge is 0.253 e. The number of fused-ring (bicyclic) bond motifs is 1. The average Bonchev–Trinajstić information content (AvgIpc) is 2.97. The number of benzene rings is 1. The van der Waals surface area contributed by atoms with Gasteiger partial charge in [0.25, 0.3) is 5.91 Å². The summed E-state index contributed by atoms with van der Waals surface area (Å²) < 4.78 is 5.91. The zero-order chi connectivity index (χ0) is 16.6. The van der Waals surface area contributed by atoms with Gasteiger partial charge in [0.05, 0.1) is 18.8 Å². The lowest BCUT2D eigenvalue weighted by Gasteiger charge is -2.39. The van der Waals surface area contributed by atoms with E-state index in [4.69, 9.17) is 4.74 Å². The highest BCUT2D eigenvalue weighted by atomic mass is 16.5. The summed E-state index contributed by atoms with van der Waals surface area (Å²) in [5, 5.41) is 0. The Morgan fingerprint density at radius 1 is 1.22 bits per heavy atom. The topological polar surface area (TPSA) is 36.0 Å². The summed E-state index contributed by atoms with van der Waals surface area (Å²) >= 11 is 0. The summed E-state index contributed by atoms with van der Waals surface area (Å²) in [7, 11) is 4.00. The van der Waals surface area contributed by atoms with Crippen LogP contribution >= 0.6 is 0 Å². The lowest BCUT2D eigenvalue weighted by atomic mass is 10.1. The van der Waals surface area contributed by atoms with Gasteiger partial charge in [0.2, 0.25) is 0 Å². The van der Waals surface area contributed by atoms with Gasteiger partial charge in [0.15, 0.2) is 0 Å². The Kier molecular flexibility index (Phi) is 4.60. The summed E-state index contributed by atoms with van der Waals surface area (Å²) in [4.78, 5) is 19.2. The number of carbonyl (C=O) groups is 1. The number of hydrogen-bond acceptors (Lipinski definition) is 4. The van der Waals surface area contributed by atoms with E-state index in [0.29, 0.717) is 18.6 Å². The zero-order valence-electron chi connectivity index (χ0n) is 14.5. The first-order valence-electron chi connectivity index (χ1n) is 8.41. The molecule has 5 heteroatoms. The molecule has 0 N–H and O–H groups in total. The van der Waals surface area contributed by atoms with E-state index in [1.165, 1.54) is 0 Å². The second-order valence-electron chi connectivity index (χ2n) is 6.96. The normalized spacial score (nSPS) is 24.8. The number of nitrogens with zero attached hydrogens (tertiary/aromatic N) is 3. The fourth-order valence-corrected chi connectivity index (χ4v) is 3.61. The summed E-state index contributed by atoms with van der Waals surface area (Å²) in [5.41, 5.74) is 1.86. The van der Waals surface area contributed by atoms with E-state index in [1.54, 1.807) is 0 Å². The van der Waals surface area contributed by atoms with Crippen molar-refractivity contribution in [2.45, 2.75) is 32.0 Å². The molecule has 0 aliphatic carbocycles. The molecule has 23 heavy (non-hydrogen) atoms. The minimum Gasteiger partial charge on any atom is -0.378 e. The van der Waals surface area contributed by atoms with Crippen molar-refractivity contribution >= 4 is 11.6 Å². The van der Waals surface area contributed by atoms with E-state index in [9.17, 15) is 4.79 Å². The molecule has 0 aromatic heterocycles. The molecule has 0 saturated carbocycles. The van der Waals surface area contributed by atoms with Crippen LogP contribution in [0.3, 0.4) is 0 Å². The minimum absolute atomic E-state index is 0.108. The van der Waals surface area contributed by atoms with E-state index in [1.807, 2.05) is 48.2 Å². The summed E-state index contributed by atoms with van der Waals surface area (Å²) in [6.07, 6.45) is 0.149. The summed E-state index contributed by atoms with van der Waals surface area (Å²) in [6.45, 7) is 7.61. The number of anilines is 1. The molecule has 0 radical (unpaired) electrons. The number of hydrogen-bond donors (Lipinski definition) is 0. The molecule has 1 aromatic rings. The van der Waals surface area contributed by atoms with Gasteiger partial charge in [0, 0.05) is 51.0 Å². The Labute approximate surface area is 138 Å². The Balaban J connectivity index is 1.71. The van der Waals surface area contributed by atoms with Crippen LogP contribution < -0.4 is 4.90 Å². The van der Waals surface area contributed by atoms with Gasteiger partial charge in [-0.3, -0.25) is 9.69 Å². The van der Waals surface area contributed by atoms with E-state index in [2.05, 4.69) is 18.7 Å². The number of morpholine rings is 1. The first-order valence-corrected chi connectivity index (χ1v) is 8.41. The van der Waals surface area contributed by atoms with Gasteiger partial charge in [-0.15, -0.1) is 0 Å². The standard InChI is InChI=1S/C18H27N3O2/c1-13(2)21-9-10-23-17-12-20(11-16(17)21)18(22)14-5-7-15(8-6-14)19(3)4/h5-8,13,16-17H,9-12H2,1-4H3/t16-,17+/m1/s1. The average molecular weight is 317 g/mol. The second-order valence-corrected chi connectivity index (χ2v) is 6.96. The van der Waals surface area contributed by atoms with Crippen molar-refractivity contribution in [1.82, 2.24) is 9.80 Å². The van der Waals surface area contributed by atoms with Crippen molar-refractivity contribution in [3.63, 3.8) is 0 Å². The SMILES string of the molecule is CC(C)N1CCO[C@H]2CN(C(=O)c3ccc(N(C)C)cc3)C[C@H]21. The molecule has 1 amide bonds. The molecule has 3 rings (SSSR count). The van der Waals surface area contributed by atoms with Crippen LogP contribution in [0.2, 0.25) is 0 Å². The highest BCUT2D eigenvalue weighted by molar-refractivity contribution is 5.94. The molecule has 0 bridgehead atoms. The van der Waals surface area contributed by atoms with E-state index < -0.39 is 0 Å². The molecule has 2 aliphatic rings. The molecule has 0 unspecified atom stereocenters. The number of likely N-dealkylation sites (tertiary alicyclic amines) is 1. The second kappa shape index (κ2) is 6.49. The van der Waals surface area contributed by atoms with Gasteiger partial charge in [-0.05, 0) is 38.1 Å². The number of ether oxygens (including phenoxy) is 1. The van der Waals surface area contributed by atoms with Crippen LogP contribution in [0.25, 0.3) is 0 Å². The molecular weight excluding hydrogens is 290 g/mol. The van der Waals surface area contributed by atoms with Crippen LogP contribution in [0.4, 0.5) is 5.69 Å². The zero-order valence-corrected chi connectivity index (χ0v) is 14.5. The van der Waals surface area contributed by atoms with Crippen LogP contribution in [-0.4, -0.2) is 74.2 Å². The van der Waals surface area contributed by atoms with Gasteiger partial charge in [0.1, 0.15) is 0 Å². The molecule has 2 saturated heterocycles.